The zero-order chi connectivity index (χ0) is 10.4. The van der Waals surface area contributed by atoms with E-state index in [-0.39, 0.29) is 6.04 Å². The largest absolute Gasteiger partial charge is 0.218 e. The van der Waals surface area contributed by atoms with Gasteiger partial charge in [0.25, 0.3) is 0 Å². The molecule has 0 aliphatic carbocycles. The lowest BCUT2D eigenvalue weighted by atomic mass is 10.0. The Kier molecular flexibility index (Phi) is 1.54. The smallest absolute Gasteiger partial charge is 0.182 e. The van der Waals surface area contributed by atoms with Crippen LogP contribution in [0.5, 0.6) is 0 Å². The Balaban J connectivity index is 2.28. The van der Waals surface area contributed by atoms with Crippen LogP contribution in [-0.2, 0) is 0 Å². The number of hydrogen-bond acceptors (Lipinski definition) is 3. The van der Waals surface area contributed by atoms with Gasteiger partial charge in [-0.3, -0.25) is 0 Å². The van der Waals surface area contributed by atoms with Crippen molar-refractivity contribution >= 4 is 6.08 Å². The second-order valence-electron chi connectivity index (χ2n) is 3.67. The van der Waals surface area contributed by atoms with Crippen LogP contribution in [0.2, 0.25) is 0 Å². The zero-order valence-corrected chi connectivity index (χ0v) is 8.38. The molecular weight excluding hydrogens is 188 g/mol. The molecule has 74 valence electrons. The topological polar surface area (TPSA) is 43.6 Å². The predicted molar refractivity (Wildman–Crippen MR) is 57.2 cm³/mol. The average Bonchev–Trinajstić information content (AvgIpc) is 2.83. The highest BCUT2D eigenvalue weighted by Gasteiger charge is 2.27. The van der Waals surface area contributed by atoms with Crippen molar-refractivity contribution in [2.75, 3.05) is 0 Å². The number of aromatic nitrogens is 4. The van der Waals surface area contributed by atoms with Gasteiger partial charge in [0.2, 0.25) is 0 Å². The maximum Gasteiger partial charge on any atom is 0.182 e. The number of nitrogens with zero attached hydrogens (tertiary/aromatic N) is 4. The molecule has 2 aromatic rings. The molecule has 1 aromatic carbocycles. The predicted octanol–water partition coefficient (Wildman–Crippen LogP) is 1.91. The summed E-state index contributed by atoms with van der Waals surface area (Å²) in [7, 11) is 0. The Hall–Kier alpha value is -1.97. The Morgan fingerprint density at radius 2 is 2.33 bits per heavy atom. The van der Waals surface area contributed by atoms with Gasteiger partial charge in [0.15, 0.2) is 5.82 Å². The molecule has 0 N–H and O–H groups in total. The lowest BCUT2D eigenvalue weighted by Gasteiger charge is -2.05. The van der Waals surface area contributed by atoms with Crippen LogP contribution in [0.4, 0.5) is 0 Å². The van der Waals surface area contributed by atoms with Crippen molar-refractivity contribution in [3.63, 3.8) is 0 Å². The van der Waals surface area contributed by atoms with Gasteiger partial charge >= 0.3 is 0 Å². The van der Waals surface area contributed by atoms with Crippen LogP contribution >= 0.6 is 0 Å². The molecule has 15 heavy (non-hydrogen) atoms. The van der Waals surface area contributed by atoms with Crippen molar-refractivity contribution < 1.29 is 0 Å². The van der Waals surface area contributed by atoms with E-state index in [1.807, 2.05) is 16.8 Å². The third kappa shape index (κ3) is 0.986. The monoisotopic (exact) mass is 198 g/mol. The molecular formula is C11H10N4. The summed E-state index contributed by atoms with van der Waals surface area (Å²) < 4.78 is 1.84. The quantitative estimate of drug-likeness (QED) is 0.703. The van der Waals surface area contributed by atoms with Crippen LogP contribution in [0.3, 0.4) is 0 Å². The first kappa shape index (κ1) is 8.35. The normalized spacial score (nSPS) is 17.3. The van der Waals surface area contributed by atoms with E-state index in [0.717, 1.165) is 17.0 Å². The zero-order valence-electron chi connectivity index (χ0n) is 8.38. The highest BCUT2D eigenvalue weighted by atomic mass is 15.6. The number of rotatable bonds is 1. The van der Waals surface area contributed by atoms with E-state index in [1.165, 1.54) is 5.56 Å². The van der Waals surface area contributed by atoms with Gasteiger partial charge in [-0.05, 0) is 34.5 Å². The van der Waals surface area contributed by atoms with E-state index >= 15 is 0 Å². The standard InChI is InChI=1S/C11H10N4/c1-3-8-4-5-9-10(6-8)7(2)15-11(9)12-13-14-15/h3-7H,1H2,2H3. The molecule has 0 saturated heterocycles. The second kappa shape index (κ2) is 2.76. The van der Waals surface area contributed by atoms with E-state index in [9.17, 15) is 0 Å². The van der Waals surface area contributed by atoms with Gasteiger partial charge < -0.3 is 0 Å². The van der Waals surface area contributed by atoms with Gasteiger partial charge in [-0.15, -0.1) is 5.10 Å². The number of hydrogen-bond donors (Lipinski definition) is 0. The fourth-order valence-corrected chi connectivity index (χ4v) is 2.02. The summed E-state index contributed by atoms with van der Waals surface area (Å²) in [6, 6.07) is 6.43. The molecule has 1 atom stereocenters. The molecule has 1 aliphatic heterocycles. The first-order valence-corrected chi connectivity index (χ1v) is 4.86. The molecule has 2 heterocycles. The second-order valence-corrected chi connectivity index (χ2v) is 3.67. The average molecular weight is 198 g/mol. The highest BCUT2D eigenvalue weighted by Crippen LogP contribution is 2.37. The maximum atomic E-state index is 4.02. The lowest BCUT2D eigenvalue weighted by molar-refractivity contribution is 0.567. The Morgan fingerprint density at radius 1 is 1.47 bits per heavy atom. The van der Waals surface area contributed by atoms with Crippen molar-refractivity contribution in [3.05, 3.63) is 35.9 Å². The summed E-state index contributed by atoms with van der Waals surface area (Å²) in [5, 5.41) is 11.7. The summed E-state index contributed by atoms with van der Waals surface area (Å²) in [6.07, 6.45) is 1.85. The van der Waals surface area contributed by atoms with Crippen LogP contribution in [0.1, 0.15) is 24.1 Å². The summed E-state index contributed by atoms with van der Waals surface area (Å²) >= 11 is 0. The lowest BCUT2D eigenvalue weighted by Crippen LogP contribution is -2.02. The van der Waals surface area contributed by atoms with Crippen molar-refractivity contribution in [2.45, 2.75) is 13.0 Å². The molecule has 1 unspecified atom stereocenters. The number of benzene rings is 1. The molecule has 0 amide bonds. The van der Waals surface area contributed by atoms with Crippen LogP contribution < -0.4 is 0 Å². The van der Waals surface area contributed by atoms with Crippen LogP contribution in [0.15, 0.2) is 24.8 Å². The van der Waals surface area contributed by atoms with Gasteiger partial charge in [0, 0.05) is 5.56 Å². The van der Waals surface area contributed by atoms with E-state index in [2.05, 4.69) is 41.2 Å². The Morgan fingerprint density at radius 3 is 3.13 bits per heavy atom. The summed E-state index contributed by atoms with van der Waals surface area (Å²) in [4.78, 5) is 0. The Bertz CT molecular complexity index is 541. The molecule has 0 fully saturated rings. The molecule has 4 heteroatoms. The van der Waals surface area contributed by atoms with Crippen LogP contribution in [0.25, 0.3) is 17.5 Å². The van der Waals surface area contributed by atoms with Crippen LogP contribution in [-0.4, -0.2) is 20.2 Å². The van der Waals surface area contributed by atoms with E-state index in [0.29, 0.717) is 0 Å². The third-order valence-electron chi connectivity index (χ3n) is 2.86. The molecule has 1 aliphatic rings. The first-order valence-electron chi connectivity index (χ1n) is 4.86. The van der Waals surface area contributed by atoms with Gasteiger partial charge in [-0.2, -0.15) is 0 Å². The molecule has 0 radical (unpaired) electrons. The third-order valence-corrected chi connectivity index (χ3v) is 2.86. The first-order chi connectivity index (χ1) is 7.31. The van der Waals surface area contributed by atoms with Gasteiger partial charge in [-0.1, -0.05) is 24.8 Å². The fourth-order valence-electron chi connectivity index (χ4n) is 2.02. The molecule has 0 saturated carbocycles. The summed E-state index contributed by atoms with van der Waals surface area (Å²) in [5.74, 6) is 0.855. The van der Waals surface area contributed by atoms with E-state index in [4.69, 9.17) is 0 Å². The SMILES string of the molecule is C=Cc1ccc2c(c1)C(C)n1nnnc1-2. The van der Waals surface area contributed by atoms with Gasteiger partial charge in [0.05, 0.1) is 6.04 Å². The maximum absolute atomic E-state index is 4.02. The van der Waals surface area contributed by atoms with Crippen LogP contribution in [0, 0.1) is 0 Å². The molecule has 0 bridgehead atoms. The minimum absolute atomic E-state index is 0.213. The van der Waals surface area contributed by atoms with Gasteiger partial charge in [0.1, 0.15) is 0 Å². The number of fused-ring (bicyclic) bond motifs is 3. The van der Waals surface area contributed by atoms with Crippen molar-refractivity contribution in [1.29, 1.82) is 0 Å². The molecule has 1 aromatic heterocycles. The molecule has 3 rings (SSSR count). The van der Waals surface area contributed by atoms with Crippen molar-refractivity contribution in [2.24, 2.45) is 0 Å². The summed E-state index contributed by atoms with van der Waals surface area (Å²) in [6.45, 7) is 5.86. The number of tetrazole rings is 1. The Labute approximate surface area is 87.2 Å². The van der Waals surface area contributed by atoms with E-state index < -0.39 is 0 Å². The van der Waals surface area contributed by atoms with Crippen molar-refractivity contribution in [3.8, 4) is 11.4 Å². The van der Waals surface area contributed by atoms with Gasteiger partial charge in [-0.25, -0.2) is 4.68 Å². The molecule has 0 spiro atoms. The fraction of sp³-hybridized carbons (Fsp3) is 0.182. The highest BCUT2D eigenvalue weighted by molar-refractivity contribution is 5.68. The minimum atomic E-state index is 0.213. The minimum Gasteiger partial charge on any atom is -0.218 e. The molecule has 4 nitrogen and oxygen atoms in total. The van der Waals surface area contributed by atoms with E-state index in [1.54, 1.807) is 0 Å². The van der Waals surface area contributed by atoms with Crippen molar-refractivity contribution in [1.82, 2.24) is 20.2 Å². The summed E-state index contributed by atoms with van der Waals surface area (Å²) in [5.41, 5.74) is 3.49.